The van der Waals surface area contributed by atoms with E-state index in [4.69, 9.17) is 11.6 Å². The van der Waals surface area contributed by atoms with Crippen molar-refractivity contribution in [2.24, 2.45) is 0 Å². The first-order chi connectivity index (χ1) is 6.45. The fraction of sp³-hybridized carbons (Fsp3) is 0.455. The van der Waals surface area contributed by atoms with Crippen LogP contribution in [0.5, 0.6) is 0 Å². The van der Waals surface area contributed by atoms with Crippen LogP contribution in [0.4, 0.5) is 4.39 Å². The predicted octanol–water partition coefficient (Wildman–Crippen LogP) is 4.41. The monoisotopic (exact) mass is 232 g/mol. The van der Waals surface area contributed by atoms with Crippen LogP contribution in [0.25, 0.3) is 0 Å². The molecule has 0 unspecified atom stereocenters. The summed E-state index contributed by atoms with van der Waals surface area (Å²) in [6.07, 6.45) is 0. The number of rotatable bonds is 2. The van der Waals surface area contributed by atoms with Crippen molar-refractivity contribution >= 4 is 23.4 Å². The fourth-order valence-corrected chi connectivity index (χ4v) is 2.11. The molecule has 3 heteroatoms. The summed E-state index contributed by atoms with van der Waals surface area (Å²) in [5.41, 5.74) is 0.602. The van der Waals surface area contributed by atoms with Crippen LogP contribution in [0.2, 0.25) is 0 Å². The average molecular weight is 233 g/mol. The highest BCUT2D eigenvalue weighted by atomic mass is 35.5. The van der Waals surface area contributed by atoms with E-state index >= 15 is 0 Å². The van der Waals surface area contributed by atoms with Gasteiger partial charge in [0.1, 0.15) is 5.82 Å². The van der Waals surface area contributed by atoms with Gasteiger partial charge in [0.05, 0.1) is 5.21 Å². The minimum absolute atomic E-state index is 0.145. The highest BCUT2D eigenvalue weighted by molar-refractivity contribution is 8.00. The zero-order valence-electron chi connectivity index (χ0n) is 8.60. The minimum Gasteiger partial charge on any atom is -0.207 e. The Kier molecular flexibility index (Phi) is 3.85. The highest BCUT2D eigenvalue weighted by Gasteiger charge is 2.18. The molecule has 0 saturated carbocycles. The van der Waals surface area contributed by atoms with Gasteiger partial charge in [0.25, 0.3) is 0 Å². The summed E-state index contributed by atoms with van der Waals surface area (Å²) in [4.78, 5) is 0.880. The van der Waals surface area contributed by atoms with E-state index in [0.717, 1.165) is 10.5 Å². The molecular formula is C11H14ClFS. The minimum atomic E-state index is -0.146. The molecule has 0 aromatic heterocycles. The molecule has 0 radical (unpaired) electrons. The molecule has 0 aliphatic carbocycles. The molecule has 0 spiro atoms. The van der Waals surface area contributed by atoms with E-state index < -0.39 is 0 Å². The van der Waals surface area contributed by atoms with Gasteiger partial charge in [-0.25, -0.2) is 4.39 Å². The molecule has 0 heterocycles. The van der Waals surface area contributed by atoms with E-state index in [1.165, 1.54) is 11.8 Å². The normalized spacial score (nSPS) is 11.8. The Labute approximate surface area is 93.8 Å². The van der Waals surface area contributed by atoms with Crippen LogP contribution in [-0.4, -0.2) is 5.21 Å². The maximum absolute atomic E-state index is 13.6. The standard InChI is InChI=1S/C11H14ClFS/c1-11(2,3)9-5-4-8(14-7-12)6-10(9)13/h4-6H,7H2,1-3H3. The molecule has 0 nitrogen and oxygen atoms in total. The Morgan fingerprint density at radius 3 is 2.43 bits per heavy atom. The molecule has 1 aromatic rings. The van der Waals surface area contributed by atoms with Crippen LogP contribution < -0.4 is 0 Å². The summed E-state index contributed by atoms with van der Waals surface area (Å²) in [6.45, 7) is 6.00. The van der Waals surface area contributed by atoms with Crippen LogP contribution in [0.1, 0.15) is 26.3 Å². The third kappa shape index (κ3) is 2.89. The van der Waals surface area contributed by atoms with Gasteiger partial charge in [0.15, 0.2) is 0 Å². The molecule has 0 atom stereocenters. The number of hydrogen-bond acceptors (Lipinski definition) is 1. The molecule has 0 bridgehead atoms. The van der Waals surface area contributed by atoms with Crippen LogP contribution in [0, 0.1) is 5.82 Å². The molecule has 0 saturated heterocycles. The fourth-order valence-electron chi connectivity index (χ4n) is 1.26. The van der Waals surface area contributed by atoms with Gasteiger partial charge in [0.2, 0.25) is 0 Å². The van der Waals surface area contributed by atoms with Gasteiger partial charge in [-0.3, -0.25) is 0 Å². The molecule has 0 N–H and O–H groups in total. The summed E-state index contributed by atoms with van der Waals surface area (Å²) in [5, 5.41) is 0.453. The molecule has 0 aliphatic rings. The Hall–Kier alpha value is -0.210. The van der Waals surface area contributed by atoms with Crippen LogP contribution in [-0.2, 0) is 5.41 Å². The Balaban J connectivity index is 3.02. The van der Waals surface area contributed by atoms with E-state index in [9.17, 15) is 4.39 Å². The van der Waals surface area contributed by atoms with E-state index in [1.807, 2.05) is 32.9 Å². The zero-order valence-corrected chi connectivity index (χ0v) is 10.2. The lowest BCUT2D eigenvalue weighted by molar-refractivity contribution is 0.521. The summed E-state index contributed by atoms with van der Waals surface area (Å²) in [6, 6.07) is 5.30. The zero-order chi connectivity index (χ0) is 10.8. The van der Waals surface area contributed by atoms with Crippen LogP contribution in [0.3, 0.4) is 0 Å². The van der Waals surface area contributed by atoms with E-state index in [2.05, 4.69) is 0 Å². The van der Waals surface area contributed by atoms with Crippen molar-refractivity contribution in [2.45, 2.75) is 31.1 Å². The van der Waals surface area contributed by atoms with Gasteiger partial charge in [-0.2, -0.15) is 0 Å². The van der Waals surface area contributed by atoms with Gasteiger partial charge in [-0.1, -0.05) is 26.8 Å². The molecule has 0 fully saturated rings. The topological polar surface area (TPSA) is 0 Å². The van der Waals surface area contributed by atoms with Crippen LogP contribution >= 0.6 is 23.4 Å². The van der Waals surface area contributed by atoms with Gasteiger partial charge < -0.3 is 0 Å². The number of alkyl halides is 1. The quantitative estimate of drug-likeness (QED) is 0.538. The van der Waals surface area contributed by atoms with Gasteiger partial charge >= 0.3 is 0 Å². The van der Waals surface area contributed by atoms with Crippen molar-refractivity contribution in [1.29, 1.82) is 0 Å². The first-order valence-corrected chi connectivity index (χ1v) is 5.96. The molecular weight excluding hydrogens is 219 g/mol. The molecule has 1 aromatic carbocycles. The molecule has 0 aliphatic heterocycles. The van der Waals surface area contributed by atoms with Gasteiger partial charge in [-0.15, -0.1) is 23.4 Å². The summed E-state index contributed by atoms with van der Waals surface area (Å²) < 4.78 is 13.6. The lowest BCUT2D eigenvalue weighted by Crippen LogP contribution is -2.13. The second-order valence-corrected chi connectivity index (χ2v) is 5.78. The molecule has 1 rings (SSSR count). The molecule has 0 amide bonds. The van der Waals surface area contributed by atoms with E-state index in [-0.39, 0.29) is 11.2 Å². The SMILES string of the molecule is CC(C)(C)c1ccc(SCCl)cc1F. The molecule has 14 heavy (non-hydrogen) atoms. The van der Waals surface area contributed by atoms with Crippen molar-refractivity contribution < 1.29 is 4.39 Å². The van der Waals surface area contributed by atoms with Crippen molar-refractivity contribution in [3.8, 4) is 0 Å². The van der Waals surface area contributed by atoms with E-state index in [0.29, 0.717) is 5.21 Å². The van der Waals surface area contributed by atoms with Crippen molar-refractivity contribution in [3.05, 3.63) is 29.6 Å². The number of hydrogen-bond donors (Lipinski definition) is 0. The Bertz CT molecular complexity index is 318. The Morgan fingerprint density at radius 1 is 1.36 bits per heavy atom. The van der Waals surface area contributed by atoms with Crippen LogP contribution in [0.15, 0.2) is 23.1 Å². The van der Waals surface area contributed by atoms with Gasteiger partial charge in [0, 0.05) is 4.90 Å². The van der Waals surface area contributed by atoms with Crippen molar-refractivity contribution in [1.82, 2.24) is 0 Å². The van der Waals surface area contributed by atoms with Crippen molar-refractivity contribution in [3.63, 3.8) is 0 Å². The summed E-state index contributed by atoms with van der Waals surface area (Å²) >= 11 is 6.99. The lowest BCUT2D eigenvalue weighted by atomic mass is 9.87. The number of halogens is 2. The predicted molar refractivity (Wildman–Crippen MR) is 61.7 cm³/mol. The smallest absolute Gasteiger partial charge is 0.128 e. The largest absolute Gasteiger partial charge is 0.207 e. The first kappa shape index (κ1) is 11.9. The third-order valence-electron chi connectivity index (χ3n) is 1.97. The summed E-state index contributed by atoms with van der Waals surface area (Å²) in [7, 11) is 0. The Morgan fingerprint density at radius 2 is 2.00 bits per heavy atom. The second-order valence-electron chi connectivity index (χ2n) is 4.15. The second kappa shape index (κ2) is 4.54. The average Bonchev–Trinajstić information content (AvgIpc) is 2.02. The lowest BCUT2D eigenvalue weighted by Gasteiger charge is -2.19. The number of thioether (sulfide) groups is 1. The summed E-state index contributed by atoms with van der Waals surface area (Å²) in [5.74, 6) is -0.146. The maximum Gasteiger partial charge on any atom is 0.128 e. The van der Waals surface area contributed by atoms with Gasteiger partial charge in [-0.05, 0) is 23.1 Å². The highest BCUT2D eigenvalue weighted by Crippen LogP contribution is 2.28. The van der Waals surface area contributed by atoms with E-state index in [1.54, 1.807) is 6.07 Å². The first-order valence-electron chi connectivity index (χ1n) is 4.44. The number of benzene rings is 1. The van der Waals surface area contributed by atoms with Crippen molar-refractivity contribution in [2.75, 3.05) is 5.21 Å². The molecule has 78 valence electrons. The third-order valence-corrected chi connectivity index (χ3v) is 2.99. The maximum atomic E-state index is 13.6.